The molecule has 0 radical (unpaired) electrons. The average molecular weight is 314 g/mol. The Morgan fingerprint density at radius 1 is 1.50 bits per heavy atom. The largest absolute Gasteiger partial charge is 0.380 e. The van der Waals surface area contributed by atoms with Gasteiger partial charge >= 0.3 is 0 Å². The van der Waals surface area contributed by atoms with E-state index in [1.165, 1.54) is 6.26 Å². The summed E-state index contributed by atoms with van der Waals surface area (Å²) < 4.78 is 29.3. The van der Waals surface area contributed by atoms with Gasteiger partial charge in [-0.3, -0.25) is 0 Å². The molecule has 0 amide bonds. The van der Waals surface area contributed by atoms with Crippen LogP contribution < -0.4 is 0 Å². The molecule has 0 N–H and O–H groups in total. The van der Waals surface area contributed by atoms with Gasteiger partial charge in [0.25, 0.3) is 0 Å². The second-order valence-corrected chi connectivity index (χ2v) is 7.68. The molecule has 0 aromatic heterocycles. The lowest BCUT2D eigenvalue weighted by Crippen LogP contribution is -2.18. The number of rotatable bonds is 5. The number of nitrogens with zero attached hydrogens (tertiary/aromatic N) is 1. The number of halogens is 1. The Balaban J connectivity index is 2.43. The highest BCUT2D eigenvalue weighted by molar-refractivity contribution is 7.91. The summed E-state index contributed by atoms with van der Waals surface area (Å²) in [5, 5.41) is 9.29. The third-order valence-corrected chi connectivity index (χ3v) is 5.53. The van der Waals surface area contributed by atoms with Crippen molar-refractivity contribution in [3.05, 3.63) is 34.9 Å². The minimum absolute atomic E-state index is 0.120. The van der Waals surface area contributed by atoms with Crippen molar-refractivity contribution < 1.29 is 13.2 Å². The zero-order valence-electron chi connectivity index (χ0n) is 11.3. The molecule has 0 saturated heterocycles. The van der Waals surface area contributed by atoms with Crippen molar-refractivity contribution >= 4 is 21.4 Å². The van der Waals surface area contributed by atoms with Crippen molar-refractivity contribution in [1.82, 2.24) is 0 Å². The summed E-state index contributed by atoms with van der Waals surface area (Å²) in [5.41, 5.74) is -0.233. The molecule has 108 valence electrons. The van der Waals surface area contributed by atoms with Gasteiger partial charge in [-0.1, -0.05) is 23.7 Å². The van der Waals surface area contributed by atoms with E-state index in [0.29, 0.717) is 11.6 Å². The summed E-state index contributed by atoms with van der Waals surface area (Å²) in [4.78, 5) is 0. The number of hydrogen-bond donors (Lipinski definition) is 0. The number of ether oxygens (including phenoxy) is 1. The molecule has 6 heteroatoms. The minimum Gasteiger partial charge on any atom is -0.380 e. The molecule has 0 spiro atoms. The standard InChI is InChI=1S/C14H16ClNO3S/c1-3-19-9-14(8-16)12(13(14)20(2,17)18)10-5-4-6-11(15)7-10/h4-7,12-13H,3,9H2,1-2H3/t12-,13+,14-/m1/s1. The van der Waals surface area contributed by atoms with E-state index >= 15 is 0 Å². The number of nitriles is 1. The zero-order chi connectivity index (χ0) is 15.0. The summed E-state index contributed by atoms with van der Waals surface area (Å²) in [6, 6.07) is 9.17. The van der Waals surface area contributed by atoms with Crippen LogP contribution in [0.1, 0.15) is 18.4 Å². The van der Waals surface area contributed by atoms with Crippen LogP contribution in [0.25, 0.3) is 0 Å². The van der Waals surface area contributed by atoms with Crippen molar-refractivity contribution in [2.75, 3.05) is 19.5 Å². The van der Waals surface area contributed by atoms with Crippen molar-refractivity contribution in [1.29, 1.82) is 5.26 Å². The van der Waals surface area contributed by atoms with Crippen molar-refractivity contribution in [2.24, 2.45) is 5.41 Å². The summed E-state index contributed by atoms with van der Waals surface area (Å²) >= 11 is 5.96. The van der Waals surface area contributed by atoms with Crippen LogP contribution in [-0.4, -0.2) is 33.1 Å². The van der Waals surface area contributed by atoms with E-state index in [2.05, 4.69) is 6.07 Å². The monoisotopic (exact) mass is 313 g/mol. The van der Waals surface area contributed by atoms with Crippen LogP contribution in [0.4, 0.5) is 0 Å². The highest BCUT2D eigenvalue weighted by atomic mass is 35.5. The van der Waals surface area contributed by atoms with Gasteiger partial charge in [0.2, 0.25) is 0 Å². The summed E-state index contributed by atoms with van der Waals surface area (Å²) in [6.45, 7) is 2.38. The Morgan fingerprint density at radius 2 is 2.20 bits per heavy atom. The molecule has 0 aliphatic heterocycles. The fourth-order valence-electron chi connectivity index (χ4n) is 2.81. The van der Waals surface area contributed by atoms with Crippen molar-refractivity contribution in [3.63, 3.8) is 0 Å². The highest BCUT2D eigenvalue weighted by Crippen LogP contribution is 2.62. The van der Waals surface area contributed by atoms with Gasteiger partial charge < -0.3 is 4.74 Å². The Bertz CT molecular complexity index is 653. The van der Waals surface area contributed by atoms with E-state index in [0.717, 1.165) is 5.56 Å². The lowest BCUT2D eigenvalue weighted by molar-refractivity contribution is 0.117. The summed E-state index contributed by atoms with van der Waals surface area (Å²) in [5.74, 6) is -0.382. The van der Waals surface area contributed by atoms with Gasteiger partial charge in [0.15, 0.2) is 9.84 Å². The predicted octanol–water partition coefficient (Wildman–Crippen LogP) is 2.40. The van der Waals surface area contributed by atoms with E-state index in [1.54, 1.807) is 24.3 Å². The zero-order valence-corrected chi connectivity index (χ0v) is 12.9. The highest BCUT2D eigenvalue weighted by Gasteiger charge is 2.71. The first-order chi connectivity index (χ1) is 9.36. The van der Waals surface area contributed by atoms with Gasteiger partial charge in [-0.15, -0.1) is 0 Å². The first-order valence-corrected chi connectivity index (χ1v) is 8.63. The lowest BCUT2D eigenvalue weighted by atomic mass is 10.0. The van der Waals surface area contributed by atoms with Crippen molar-refractivity contribution in [3.8, 4) is 6.07 Å². The molecule has 1 aromatic rings. The van der Waals surface area contributed by atoms with Gasteiger partial charge in [-0.2, -0.15) is 5.26 Å². The van der Waals surface area contributed by atoms with Gasteiger partial charge in [-0.05, 0) is 24.6 Å². The molecule has 20 heavy (non-hydrogen) atoms. The van der Waals surface area contributed by atoms with Gasteiger partial charge in [-0.25, -0.2) is 8.42 Å². The quantitative estimate of drug-likeness (QED) is 0.837. The van der Waals surface area contributed by atoms with E-state index < -0.39 is 20.5 Å². The topological polar surface area (TPSA) is 67.2 Å². The number of sulfone groups is 1. The average Bonchev–Trinajstić information content (AvgIpc) is 3.06. The van der Waals surface area contributed by atoms with Crippen LogP contribution in [0.3, 0.4) is 0 Å². The number of hydrogen-bond acceptors (Lipinski definition) is 4. The molecule has 1 aliphatic carbocycles. The molecule has 4 nitrogen and oxygen atoms in total. The predicted molar refractivity (Wildman–Crippen MR) is 77.4 cm³/mol. The summed E-state index contributed by atoms with van der Waals surface area (Å²) in [6.07, 6.45) is 1.17. The minimum atomic E-state index is -3.34. The van der Waals surface area contributed by atoms with Gasteiger partial charge in [0.1, 0.15) is 5.41 Å². The second-order valence-electron chi connectivity index (χ2n) is 5.07. The normalized spacial score (nSPS) is 28.9. The van der Waals surface area contributed by atoms with Crippen LogP contribution in [0, 0.1) is 16.7 Å². The Morgan fingerprint density at radius 3 is 2.70 bits per heavy atom. The first kappa shape index (κ1) is 15.3. The SMILES string of the molecule is CCOC[C@]1(C#N)[C@H](c2cccc(Cl)c2)[C@@H]1S(C)(=O)=O. The molecule has 1 saturated carbocycles. The Hall–Kier alpha value is -1.09. The van der Waals surface area contributed by atoms with E-state index in [9.17, 15) is 13.7 Å². The third-order valence-electron chi connectivity index (χ3n) is 3.68. The van der Waals surface area contributed by atoms with Crippen LogP contribution in [0.15, 0.2) is 24.3 Å². The smallest absolute Gasteiger partial charge is 0.152 e. The maximum Gasteiger partial charge on any atom is 0.152 e. The van der Waals surface area contributed by atoms with Crippen LogP contribution in [0.2, 0.25) is 5.02 Å². The van der Waals surface area contributed by atoms with E-state index in [-0.39, 0.29) is 12.5 Å². The second kappa shape index (κ2) is 5.36. The maximum atomic E-state index is 12.0. The lowest BCUT2D eigenvalue weighted by Gasteiger charge is -2.08. The molecule has 0 unspecified atom stereocenters. The maximum absolute atomic E-state index is 12.0. The number of benzene rings is 1. The van der Waals surface area contributed by atoms with Crippen LogP contribution in [0.5, 0.6) is 0 Å². The third kappa shape index (κ3) is 2.56. The molecule has 1 fully saturated rings. The molecule has 1 aromatic carbocycles. The van der Waals surface area contributed by atoms with E-state index in [4.69, 9.17) is 16.3 Å². The Kier molecular flexibility index (Phi) is 4.10. The molecule has 2 rings (SSSR count). The molecular weight excluding hydrogens is 298 g/mol. The van der Waals surface area contributed by atoms with E-state index in [1.807, 2.05) is 6.92 Å². The van der Waals surface area contributed by atoms with Crippen LogP contribution >= 0.6 is 11.6 Å². The van der Waals surface area contributed by atoms with Gasteiger partial charge in [0, 0.05) is 23.8 Å². The molecule has 0 bridgehead atoms. The summed E-state index contributed by atoms with van der Waals surface area (Å²) in [7, 11) is -3.34. The van der Waals surface area contributed by atoms with Gasteiger partial charge in [0.05, 0.1) is 17.9 Å². The molecular formula is C14H16ClNO3S. The molecule has 0 heterocycles. The fourth-order valence-corrected chi connectivity index (χ4v) is 4.86. The van der Waals surface area contributed by atoms with Crippen LogP contribution in [-0.2, 0) is 14.6 Å². The molecule has 3 atom stereocenters. The fraction of sp³-hybridized carbons (Fsp3) is 0.500. The van der Waals surface area contributed by atoms with Crippen molar-refractivity contribution in [2.45, 2.75) is 18.1 Å². The Labute approximate surface area is 124 Å². The molecule has 1 aliphatic rings. The first-order valence-electron chi connectivity index (χ1n) is 6.30.